The first-order valence-corrected chi connectivity index (χ1v) is 8.51. The number of hydrazone groups is 1. The zero-order valence-corrected chi connectivity index (χ0v) is 14.9. The van der Waals surface area contributed by atoms with Crippen molar-refractivity contribution in [1.29, 1.82) is 0 Å². The molecule has 0 saturated carbocycles. The molecule has 0 aliphatic carbocycles. The highest BCUT2D eigenvalue weighted by molar-refractivity contribution is 7.13. The molecule has 2 rings (SSSR count). The van der Waals surface area contributed by atoms with Crippen molar-refractivity contribution in [2.75, 3.05) is 5.32 Å². The number of hydrogen-bond donors (Lipinski definition) is 2. The minimum atomic E-state index is -0.283. The van der Waals surface area contributed by atoms with E-state index in [0.29, 0.717) is 0 Å². The van der Waals surface area contributed by atoms with E-state index >= 15 is 0 Å². The Morgan fingerprint density at radius 2 is 1.79 bits per heavy atom. The number of amides is 2. The quantitative estimate of drug-likeness (QED) is 0.622. The van der Waals surface area contributed by atoms with Gasteiger partial charge in [0.2, 0.25) is 11.8 Å². The molecule has 126 valence electrons. The van der Waals surface area contributed by atoms with Gasteiger partial charge in [0.15, 0.2) is 0 Å². The Hall–Kier alpha value is -2.47. The van der Waals surface area contributed by atoms with Crippen LogP contribution in [0.4, 0.5) is 5.69 Å². The molecule has 0 aliphatic heterocycles. The molecule has 1 heterocycles. The number of aryl methyl sites for hydroxylation is 3. The molecular formula is C18H21N3O2S. The standard InChI is InChI=1S/C18H21N3O2S/c1-12-4-6-15(10-13(12)2)20-17(22)8-9-18(23)21-19-11-16-7-5-14(3)24-16/h4-7,10-11H,8-9H2,1-3H3,(H,20,22)(H,21,23). The fourth-order valence-corrected chi connectivity index (χ4v) is 2.77. The van der Waals surface area contributed by atoms with Crippen molar-refractivity contribution >= 4 is 35.1 Å². The van der Waals surface area contributed by atoms with Crippen LogP contribution in [0, 0.1) is 20.8 Å². The van der Waals surface area contributed by atoms with Crippen molar-refractivity contribution < 1.29 is 9.59 Å². The molecule has 24 heavy (non-hydrogen) atoms. The second-order valence-electron chi connectivity index (χ2n) is 5.59. The van der Waals surface area contributed by atoms with Crippen LogP contribution < -0.4 is 10.7 Å². The smallest absolute Gasteiger partial charge is 0.240 e. The van der Waals surface area contributed by atoms with Crippen molar-refractivity contribution in [3.63, 3.8) is 0 Å². The van der Waals surface area contributed by atoms with E-state index in [-0.39, 0.29) is 24.7 Å². The Morgan fingerprint density at radius 3 is 2.46 bits per heavy atom. The van der Waals surface area contributed by atoms with Gasteiger partial charge < -0.3 is 5.32 Å². The van der Waals surface area contributed by atoms with Gasteiger partial charge in [-0.3, -0.25) is 9.59 Å². The molecule has 2 N–H and O–H groups in total. The van der Waals surface area contributed by atoms with Crippen LogP contribution in [-0.2, 0) is 9.59 Å². The average Bonchev–Trinajstić information content (AvgIpc) is 2.94. The first-order valence-electron chi connectivity index (χ1n) is 7.69. The summed E-state index contributed by atoms with van der Waals surface area (Å²) in [5.41, 5.74) is 5.47. The predicted octanol–water partition coefficient (Wildman–Crippen LogP) is 3.54. The van der Waals surface area contributed by atoms with E-state index in [1.54, 1.807) is 17.6 Å². The third-order valence-electron chi connectivity index (χ3n) is 3.51. The maximum Gasteiger partial charge on any atom is 0.240 e. The van der Waals surface area contributed by atoms with Crippen LogP contribution in [0.3, 0.4) is 0 Å². The summed E-state index contributed by atoms with van der Waals surface area (Å²) >= 11 is 1.60. The summed E-state index contributed by atoms with van der Waals surface area (Å²) in [6.45, 7) is 6.02. The van der Waals surface area contributed by atoms with Gasteiger partial charge in [0.1, 0.15) is 0 Å². The molecular weight excluding hydrogens is 322 g/mol. The van der Waals surface area contributed by atoms with E-state index in [1.165, 1.54) is 10.4 Å². The average molecular weight is 343 g/mol. The molecule has 1 aromatic carbocycles. The van der Waals surface area contributed by atoms with Crippen LogP contribution in [0.5, 0.6) is 0 Å². The molecule has 1 aromatic heterocycles. The van der Waals surface area contributed by atoms with Crippen molar-refractivity contribution in [3.8, 4) is 0 Å². The van der Waals surface area contributed by atoms with Crippen molar-refractivity contribution in [1.82, 2.24) is 5.43 Å². The number of carbonyl (C=O) groups is 2. The number of rotatable bonds is 6. The summed E-state index contributed by atoms with van der Waals surface area (Å²) in [5.74, 6) is -0.471. The number of benzene rings is 1. The Labute approximate surface area is 145 Å². The van der Waals surface area contributed by atoms with Gasteiger partial charge in [-0.2, -0.15) is 5.10 Å². The lowest BCUT2D eigenvalue weighted by molar-refractivity contribution is -0.124. The van der Waals surface area contributed by atoms with E-state index < -0.39 is 0 Å². The number of carbonyl (C=O) groups excluding carboxylic acids is 2. The Balaban J connectivity index is 1.73. The van der Waals surface area contributed by atoms with Gasteiger partial charge >= 0.3 is 0 Å². The van der Waals surface area contributed by atoms with E-state index in [2.05, 4.69) is 15.8 Å². The second kappa shape index (κ2) is 8.40. The van der Waals surface area contributed by atoms with E-state index in [0.717, 1.165) is 16.1 Å². The van der Waals surface area contributed by atoms with Gasteiger partial charge in [-0.1, -0.05) is 6.07 Å². The summed E-state index contributed by atoms with van der Waals surface area (Å²) < 4.78 is 0. The Bertz CT molecular complexity index is 765. The summed E-state index contributed by atoms with van der Waals surface area (Å²) in [6, 6.07) is 9.66. The Morgan fingerprint density at radius 1 is 1.04 bits per heavy atom. The number of nitrogens with zero attached hydrogens (tertiary/aromatic N) is 1. The highest BCUT2D eigenvalue weighted by Gasteiger charge is 2.07. The van der Waals surface area contributed by atoms with Crippen LogP contribution in [0.25, 0.3) is 0 Å². The monoisotopic (exact) mass is 343 g/mol. The number of nitrogens with one attached hydrogen (secondary N) is 2. The fraction of sp³-hybridized carbons (Fsp3) is 0.278. The van der Waals surface area contributed by atoms with Crippen LogP contribution in [0.15, 0.2) is 35.4 Å². The molecule has 0 radical (unpaired) electrons. The SMILES string of the molecule is Cc1ccc(C=NNC(=O)CCC(=O)Nc2ccc(C)c(C)c2)s1. The van der Waals surface area contributed by atoms with Gasteiger partial charge in [-0.15, -0.1) is 11.3 Å². The van der Waals surface area contributed by atoms with Gasteiger partial charge in [0.05, 0.1) is 6.21 Å². The summed E-state index contributed by atoms with van der Waals surface area (Å²) in [5, 5.41) is 6.69. The minimum Gasteiger partial charge on any atom is -0.326 e. The summed E-state index contributed by atoms with van der Waals surface area (Å²) in [7, 11) is 0. The molecule has 2 aromatic rings. The van der Waals surface area contributed by atoms with Crippen LogP contribution in [-0.4, -0.2) is 18.0 Å². The first-order chi connectivity index (χ1) is 11.4. The highest BCUT2D eigenvalue weighted by atomic mass is 32.1. The lowest BCUT2D eigenvalue weighted by Gasteiger charge is -2.07. The lowest BCUT2D eigenvalue weighted by Crippen LogP contribution is -2.20. The molecule has 0 fully saturated rings. The molecule has 2 amide bonds. The number of thiophene rings is 1. The maximum absolute atomic E-state index is 11.9. The van der Waals surface area contributed by atoms with Crippen molar-refractivity contribution in [2.24, 2.45) is 5.10 Å². The minimum absolute atomic E-state index is 0.0947. The van der Waals surface area contributed by atoms with Crippen LogP contribution in [0.2, 0.25) is 0 Å². The maximum atomic E-state index is 11.9. The van der Waals surface area contributed by atoms with E-state index in [1.807, 2.05) is 51.1 Å². The molecule has 0 bridgehead atoms. The van der Waals surface area contributed by atoms with Crippen molar-refractivity contribution in [3.05, 3.63) is 51.2 Å². The predicted molar refractivity (Wildman–Crippen MR) is 98.6 cm³/mol. The van der Waals surface area contributed by atoms with Crippen LogP contribution in [0.1, 0.15) is 33.7 Å². The molecule has 0 atom stereocenters. The molecule has 5 nitrogen and oxygen atoms in total. The highest BCUT2D eigenvalue weighted by Crippen LogP contribution is 2.14. The van der Waals surface area contributed by atoms with Gasteiger partial charge in [0, 0.05) is 28.3 Å². The van der Waals surface area contributed by atoms with E-state index in [9.17, 15) is 9.59 Å². The molecule has 0 unspecified atom stereocenters. The van der Waals surface area contributed by atoms with Gasteiger partial charge in [-0.25, -0.2) is 5.43 Å². The Kier molecular flexibility index (Phi) is 6.26. The third-order valence-corrected chi connectivity index (χ3v) is 4.45. The second-order valence-corrected chi connectivity index (χ2v) is 6.91. The third kappa shape index (κ3) is 5.62. The zero-order valence-electron chi connectivity index (χ0n) is 14.1. The van der Waals surface area contributed by atoms with Crippen LogP contribution >= 0.6 is 11.3 Å². The summed E-state index contributed by atoms with van der Waals surface area (Å²) in [4.78, 5) is 25.7. The normalized spacial score (nSPS) is 10.8. The fourth-order valence-electron chi connectivity index (χ4n) is 2.02. The molecule has 0 aliphatic rings. The van der Waals surface area contributed by atoms with Crippen molar-refractivity contribution in [2.45, 2.75) is 33.6 Å². The largest absolute Gasteiger partial charge is 0.326 e. The summed E-state index contributed by atoms with van der Waals surface area (Å²) in [6.07, 6.45) is 1.81. The lowest BCUT2D eigenvalue weighted by atomic mass is 10.1. The first kappa shape index (κ1) is 17.9. The molecule has 6 heteroatoms. The topological polar surface area (TPSA) is 70.6 Å². The van der Waals surface area contributed by atoms with Gasteiger partial charge in [-0.05, 0) is 56.2 Å². The zero-order chi connectivity index (χ0) is 17.5. The molecule has 0 saturated heterocycles. The van der Waals surface area contributed by atoms with E-state index in [4.69, 9.17) is 0 Å². The number of anilines is 1. The molecule has 0 spiro atoms. The number of hydrogen-bond acceptors (Lipinski definition) is 4. The van der Waals surface area contributed by atoms with Gasteiger partial charge in [0.25, 0.3) is 0 Å².